The fourth-order valence-corrected chi connectivity index (χ4v) is 4.80. The maximum absolute atomic E-state index is 6.65. The van der Waals surface area contributed by atoms with Gasteiger partial charge in [-0.25, -0.2) is 9.97 Å². The second-order valence-electron chi connectivity index (χ2n) is 9.91. The minimum atomic E-state index is -0.278. The van der Waals surface area contributed by atoms with Gasteiger partial charge in [-0.05, 0) is 59.2 Å². The van der Waals surface area contributed by atoms with E-state index in [1.165, 1.54) is 0 Å². The summed E-state index contributed by atoms with van der Waals surface area (Å²) in [5, 5.41) is 15.2. The van der Waals surface area contributed by atoms with Crippen molar-refractivity contribution < 1.29 is 4.74 Å². The first-order valence-electron chi connectivity index (χ1n) is 13.9. The highest BCUT2D eigenvalue weighted by atomic mass is 16.5. The van der Waals surface area contributed by atoms with Gasteiger partial charge in [0.05, 0.1) is 16.9 Å². The molecule has 0 amide bonds. The van der Waals surface area contributed by atoms with E-state index < -0.39 is 0 Å². The number of aromatic amines is 2. The van der Waals surface area contributed by atoms with E-state index in [2.05, 4.69) is 68.9 Å². The Kier molecular flexibility index (Phi) is 7.89. The van der Waals surface area contributed by atoms with Gasteiger partial charge in [0.2, 0.25) is 5.82 Å². The number of rotatable bonds is 11. The Labute approximate surface area is 238 Å². The SMILES string of the molecule is CCCCc1nc(C=Cc2ccccc2)c(C(Cc2ccc3nc(-c4nn[nH]n4)ccc3c2)Oc2ccccc2)[nH]1. The Morgan fingerprint density at radius 1 is 0.878 bits per heavy atom. The number of hydrogen-bond acceptors (Lipinski definition) is 6. The number of aryl methyl sites for hydroxylation is 1. The molecule has 1 atom stereocenters. The van der Waals surface area contributed by atoms with Crippen molar-refractivity contribution in [2.24, 2.45) is 0 Å². The second-order valence-corrected chi connectivity index (χ2v) is 9.91. The van der Waals surface area contributed by atoms with E-state index in [4.69, 9.17) is 14.7 Å². The molecule has 3 heterocycles. The van der Waals surface area contributed by atoms with Crippen molar-refractivity contribution in [2.45, 2.75) is 38.7 Å². The van der Waals surface area contributed by atoms with Crippen LogP contribution in [0.25, 0.3) is 34.6 Å². The van der Waals surface area contributed by atoms with Crippen LogP contribution in [0, 0.1) is 0 Å². The van der Waals surface area contributed by atoms with Crippen LogP contribution in [-0.4, -0.2) is 35.6 Å². The van der Waals surface area contributed by atoms with Crippen molar-refractivity contribution in [1.29, 1.82) is 0 Å². The molecule has 0 bridgehead atoms. The quantitative estimate of drug-likeness (QED) is 0.183. The Morgan fingerprint density at radius 2 is 1.71 bits per heavy atom. The highest BCUT2D eigenvalue weighted by molar-refractivity contribution is 5.81. The highest BCUT2D eigenvalue weighted by Crippen LogP contribution is 2.30. The van der Waals surface area contributed by atoms with Crippen molar-refractivity contribution in [3.05, 3.63) is 119 Å². The molecule has 0 radical (unpaired) electrons. The van der Waals surface area contributed by atoms with Crippen LogP contribution in [-0.2, 0) is 12.8 Å². The maximum Gasteiger partial charge on any atom is 0.222 e. The summed E-state index contributed by atoms with van der Waals surface area (Å²) in [4.78, 5) is 13.4. The van der Waals surface area contributed by atoms with Crippen LogP contribution in [0.4, 0.5) is 0 Å². The first-order valence-corrected chi connectivity index (χ1v) is 13.9. The predicted octanol–water partition coefficient (Wildman–Crippen LogP) is 7.01. The number of imidazole rings is 1. The van der Waals surface area contributed by atoms with Crippen molar-refractivity contribution in [1.82, 2.24) is 35.6 Å². The summed E-state index contributed by atoms with van der Waals surface area (Å²) in [5.41, 5.74) is 5.67. The number of tetrazole rings is 1. The molecule has 6 rings (SSSR count). The molecule has 0 aliphatic rings. The van der Waals surface area contributed by atoms with Crippen LogP contribution in [0.15, 0.2) is 91.0 Å². The van der Waals surface area contributed by atoms with Gasteiger partial charge >= 0.3 is 0 Å². The molecule has 0 fully saturated rings. The summed E-state index contributed by atoms with van der Waals surface area (Å²) in [6, 6.07) is 30.5. The Hall–Kier alpha value is -5.11. The molecule has 0 aliphatic heterocycles. The first kappa shape index (κ1) is 26.1. The van der Waals surface area contributed by atoms with Crippen molar-refractivity contribution >= 4 is 23.1 Å². The van der Waals surface area contributed by atoms with Gasteiger partial charge in [0.1, 0.15) is 23.4 Å². The van der Waals surface area contributed by atoms with Gasteiger partial charge in [-0.1, -0.05) is 80.1 Å². The standard InChI is InChI=1S/C33H31N7O/c1-2-3-14-31-35-28(19-15-23-10-6-4-7-11-23)32(36-31)30(41-26-12-8-5-9-13-26)22-24-16-18-27-25(21-24)17-20-29(34-27)33-37-39-40-38-33/h4-13,15-21,30H,2-3,14,22H2,1H3,(H,35,36)(H,37,38,39,40). The Bertz CT molecular complexity index is 1730. The maximum atomic E-state index is 6.65. The van der Waals surface area contributed by atoms with Crippen molar-refractivity contribution in [2.75, 3.05) is 0 Å². The molecular weight excluding hydrogens is 510 g/mol. The fraction of sp³-hybridized carbons (Fsp3) is 0.182. The van der Waals surface area contributed by atoms with Crippen molar-refractivity contribution in [3.8, 4) is 17.3 Å². The summed E-state index contributed by atoms with van der Waals surface area (Å²) in [6.45, 7) is 2.20. The van der Waals surface area contributed by atoms with E-state index in [1.54, 1.807) is 0 Å². The zero-order valence-electron chi connectivity index (χ0n) is 22.9. The topological polar surface area (TPSA) is 105 Å². The summed E-state index contributed by atoms with van der Waals surface area (Å²) in [6.07, 6.45) is 7.63. The molecule has 8 nitrogen and oxygen atoms in total. The van der Waals surface area contributed by atoms with E-state index in [0.717, 1.165) is 64.3 Å². The number of para-hydroxylation sites is 1. The molecule has 0 spiro atoms. The molecule has 204 valence electrons. The third-order valence-corrected chi connectivity index (χ3v) is 6.90. The van der Waals surface area contributed by atoms with Gasteiger partial charge in [0, 0.05) is 18.2 Å². The molecule has 2 N–H and O–H groups in total. The second kappa shape index (κ2) is 12.4. The number of hydrogen-bond donors (Lipinski definition) is 2. The third-order valence-electron chi connectivity index (χ3n) is 6.90. The molecule has 3 aromatic carbocycles. The predicted molar refractivity (Wildman–Crippen MR) is 161 cm³/mol. The summed E-state index contributed by atoms with van der Waals surface area (Å²) in [5.74, 6) is 2.27. The molecular formula is C33H31N7O. The minimum Gasteiger partial charge on any atom is -0.484 e. The number of pyridine rings is 1. The number of fused-ring (bicyclic) bond motifs is 1. The monoisotopic (exact) mass is 541 g/mol. The minimum absolute atomic E-state index is 0.278. The number of H-pyrrole nitrogens is 2. The van der Waals surface area contributed by atoms with Gasteiger partial charge in [0.25, 0.3) is 0 Å². The zero-order chi connectivity index (χ0) is 27.9. The highest BCUT2D eigenvalue weighted by Gasteiger charge is 2.22. The summed E-state index contributed by atoms with van der Waals surface area (Å²) >= 11 is 0. The average molecular weight is 542 g/mol. The summed E-state index contributed by atoms with van der Waals surface area (Å²) < 4.78 is 6.65. The summed E-state index contributed by atoms with van der Waals surface area (Å²) in [7, 11) is 0. The van der Waals surface area contributed by atoms with Crippen LogP contribution >= 0.6 is 0 Å². The molecule has 41 heavy (non-hydrogen) atoms. The van der Waals surface area contributed by atoms with E-state index >= 15 is 0 Å². The normalized spacial score (nSPS) is 12.2. The number of nitrogens with zero attached hydrogens (tertiary/aromatic N) is 5. The Balaban J connectivity index is 1.35. The van der Waals surface area contributed by atoms with Crippen LogP contribution in [0.2, 0.25) is 0 Å². The largest absolute Gasteiger partial charge is 0.484 e. The lowest BCUT2D eigenvalue weighted by atomic mass is 10.0. The molecule has 6 aromatic rings. The molecule has 0 aliphatic carbocycles. The lowest BCUT2D eigenvalue weighted by Gasteiger charge is -2.19. The van der Waals surface area contributed by atoms with E-state index in [0.29, 0.717) is 17.9 Å². The van der Waals surface area contributed by atoms with E-state index in [-0.39, 0.29) is 6.10 Å². The number of benzene rings is 3. The average Bonchev–Trinajstić information content (AvgIpc) is 3.70. The lowest BCUT2D eigenvalue weighted by Crippen LogP contribution is -2.13. The fourth-order valence-electron chi connectivity index (χ4n) is 4.80. The van der Waals surface area contributed by atoms with Gasteiger partial charge in [0.15, 0.2) is 0 Å². The smallest absolute Gasteiger partial charge is 0.222 e. The lowest BCUT2D eigenvalue weighted by molar-refractivity contribution is 0.201. The van der Waals surface area contributed by atoms with Crippen LogP contribution in [0.3, 0.4) is 0 Å². The van der Waals surface area contributed by atoms with E-state index in [9.17, 15) is 0 Å². The van der Waals surface area contributed by atoms with Gasteiger partial charge in [-0.2, -0.15) is 5.21 Å². The van der Waals surface area contributed by atoms with Gasteiger partial charge in [-0.3, -0.25) is 0 Å². The number of aromatic nitrogens is 7. The number of unbranched alkanes of at least 4 members (excludes halogenated alkanes) is 1. The zero-order valence-corrected chi connectivity index (χ0v) is 22.9. The van der Waals surface area contributed by atoms with Gasteiger partial charge < -0.3 is 9.72 Å². The molecule has 8 heteroatoms. The van der Waals surface area contributed by atoms with Crippen LogP contribution in [0.1, 0.15) is 54.2 Å². The first-order chi connectivity index (χ1) is 20.2. The number of ether oxygens (including phenoxy) is 1. The molecule has 0 saturated heterocycles. The third kappa shape index (κ3) is 6.38. The van der Waals surface area contributed by atoms with Crippen LogP contribution in [0.5, 0.6) is 5.75 Å². The Morgan fingerprint density at radius 3 is 2.49 bits per heavy atom. The molecule has 1 unspecified atom stereocenters. The number of nitrogens with one attached hydrogen (secondary N) is 2. The molecule has 0 saturated carbocycles. The van der Waals surface area contributed by atoms with E-state index in [1.807, 2.05) is 66.7 Å². The molecule has 3 aromatic heterocycles. The van der Waals surface area contributed by atoms with Crippen LogP contribution < -0.4 is 4.74 Å². The van der Waals surface area contributed by atoms with Gasteiger partial charge in [-0.15, -0.1) is 10.2 Å². The van der Waals surface area contributed by atoms with Crippen molar-refractivity contribution in [3.63, 3.8) is 0 Å².